The summed E-state index contributed by atoms with van der Waals surface area (Å²) in [5, 5.41) is 12.0. The van der Waals surface area contributed by atoms with Crippen molar-refractivity contribution in [3.63, 3.8) is 0 Å². The van der Waals surface area contributed by atoms with E-state index in [1.54, 1.807) is 18.2 Å². The number of aliphatic hydroxyl groups is 1. The second-order valence-corrected chi connectivity index (χ2v) is 15.6. The Morgan fingerprint density at radius 1 is 0.661 bits per heavy atom. The molecule has 1 amide bonds. The smallest absolute Gasteiger partial charge is 0.257 e. The van der Waals surface area contributed by atoms with Crippen LogP contribution in [-0.2, 0) is 22.6 Å². The number of aliphatic hydroxyl groups excluding tert-OH is 1. The summed E-state index contributed by atoms with van der Waals surface area (Å²) in [4.78, 5) is 15.2. The van der Waals surface area contributed by atoms with Crippen molar-refractivity contribution in [1.82, 2.24) is 10.2 Å². The molecule has 1 saturated heterocycles. The van der Waals surface area contributed by atoms with Gasteiger partial charge in [0.15, 0.2) is 29.6 Å². The van der Waals surface area contributed by atoms with Crippen LogP contribution in [0.25, 0.3) is 11.1 Å². The van der Waals surface area contributed by atoms with Gasteiger partial charge in [-0.15, -0.1) is 0 Å². The van der Waals surface area contributed by atoms with E-state index in [0.29, 0.717) is 12.0 Å². The number of nitrogens with one attached hydrogen (secondary N) is 1. The quantitative estimate of drug-likeness (QED) is 0.0337. The minimum Gasteiger partial charge on any atom is -0.392 e. The molecule has 0 bridgehead atoms. The maximum absolute atomic E-state index is 14.3. The predicted octanol–water partition coefficient (Wildman–Crippen LogP) is 12.0. The van der Waals surface area contributed by atoms with Crippen LogP contribution in [0.15, 0.2) is 72.8 Å². The van der Waals surface area contributed by atoms with Gasteiger partial charge < -0.3 is 24.8 Å². The van der Waals surface area contributed by atoms with E-state index in [0.717, 1.165) is 60.3 Å². The Labute approximate surface area is 346 Å². The fraction of sp³-hybridized carbons (Fsp3) is 0.479. The molecule has 6 nitrogen and oxygen atoms in total. The summed E-state index contributed by atoms with van der Waals surface area (Å²) >= 11 is 0. The lowest BCUT2D eigenvalue weighted by Crippen LogP contribution is -2.40. The summed E-state index contributed by atoms with van der Waals surface area (Å²) in [6.07, 6.45) is 14.5. The van der Waals surface area contributed by atoms with Gasteiger partial charge in [0.2, 0.25) is 5.82 Å². The lowest BCUT2D eigenvalue weighted by atomic mass is 9.98. The van der Waals surface area contributed by atoms with Crippen molar-refractivity contribution in [2.75, 3.05) is 19.6 Å². The predicted molar refractivity (Wildman–Crippen MR) is 221 cm³/mol. The minimum atomic E-state index is -2.33. The van der Waals surface area contributed by atoms with Crippen molar-refractivity contribution in [2.24, 2.45) is 0 Å². The summed E-state index contributed by atoms with van der Waals surface area (Å²) in [6.45, 7) is 7.04. The van der Waals surface area contributed by atoms with Crippen molar-refractivity contribution in [3.8, 4) is 11.1 Å². The Balaban J connectivity index is 1.32. The van der Waals surface area contributed by atoms with Gasteiger partial charge in [0.25, 0.3) is 5.91 Å². The highest BCUT2D eigenvalue weighted by Crippen LogP contribution is 2.39. The summed E-state index contributed by atoms with van der Waals surface area (Å²) in [5.41, 5.74) is 3.24. The first kappa shape index (κ1) is 45.9. The van der Waals surface area contributed by atoms with Gasteiger partial charge in [0.1, 0.15) is 5.56 Å². The SMILES string of the molecule is CCCCCCCCN(CCCCCCCC)CC1CC(c2ccc(CO)cc2)OC(c2cccc(-c3cccc(CNC(=O)c4c(F)c(F)c(F)c(F)c4F)c3)c2)O1. The van der Waals surface area contributed by atoms with Crippen LogP contribution in [0.4, 0.5) is 22.0 Å². The third-order valence-corrected chi connectivity index (χ3v) is 11.0. The van der Waals surface area contributed by atoms with Gasteiger partial charge in [-0.25, -0.2) is 22.0 Å². The van der Waals surface area contributed by atoms with Gasteiger partial charge in [-0.3, -0.25) is 4.79 Å². The number of hydrogen-bond acceptors (Lipinski definition) is 5. The fourth-order valence-corrected chi connectivity index (χ4v) is 7.65. The van der Waals surface area contributed by atoms with Crippen molar-refractivity contribution in [2.45, 2.75) is 129 Å². The van der Waals surface area contributed by atoms with E-state index in [1.165, 1.54) is 64.2 Å². The number of carbonyl (C=O) groups excluding carboxylic acids is 1. The topological polar surface area (TPSA) is 71.0 Å². The lowest BCUT2D eigenvalue weighted by molar-refractivity contribution is -0.253. The average Bonchev–Trinajstić information content (AvgIpc) is 3.26. The summed E-state index contributed by atoms with van der Waals surface area (Å²) < 4.78 is 83.1. The second-order valence-electron chi connectivity index (χ2n) is 15.6. The molecule has 2 N–H and O–H groups in total. The molecule has 11 heteroatoms. The van der Waals surface area contributed by atoms with Gasteiger partial charge in [-0.1, -0.05) is 139 Å². The Hall–Kier alpha value is -4.16. The van der Waals surface area contributed by atoms with Crippen LogP contribution in [0, 0.1) is 29.1 Å². The number of nitrogens with zero attached hydrogens (tertiary/aromatic N) is 1. The number of hydrogen-bond donors (Lipinski definition) is 2. The molecule has 1 fully saturated rings. The van der Waals surface area contributed by atoms with E-state index < -0.39 is 46.8 Å². The lowest BCUT2D eigenvalue weighted by Gasteiger charge is -2.38. The van der Waals surface area contributed by atoms with Crippen molar-refractivity contribution < 1.29 is 41.3 Å². The number of rotatable bonds is 23. The maximum atomic E-state index is 14.3. The van der Waals surface area contributed by atoms with Gasteiger partial charge in [-0.2, -0.15) is 0 Å². The maximum Gasteiger partial charge on any atom is 0.257 e. The third kappa shape index (κ3) is 13.2. The van der Waals surface area contributed by atoms with Crippen LogP contribution in [0.2, 0.25) is 0 Å². The van der Waals surface area contributed by atoms with E-state index in [2.05, 4.69) is 24.1 Å². The van der Waals surface area contributed by atoms with E-state index >= 15 is 0 Å². The monoisotopic (exact) mass is 822 g/mol. The molecule has 4 aromatic carbocycles. The van der Waals surface area contributed by atoms with Crippen LogP contribution < -0.4 is 5.32 Å². The normalized spacial score (nSPS) is 16.8. The number of unbranched alkanes of at least 4 members (excludes halogenated alkanes) is 10. The first-order valence-electron chi connectivity index (χ1n) is 21.3. The molecular formula is C48H59F5N2O4. The van der Waals surface area contributed by atoms with Gasteiger partial charge in [-0.05, 0) is 65.9 Å². The Bertz CT molecular complexity index is 1880. The first-order valence-corrected chi connectivity index (χ1v) is 21.3. The molecule has 3 atom stereocenters. The molecule has 0 spiro atoms. The Kier molecular flexibility index (Phi) is 18.4. The molecule has 59 heavy (non-hydrogen) atoms. The second kappa shape index (κ2) is 23.6. The fourth-order valence-electron chi connectivity index (χ4n) is 7.65. The molecule has 0 saturated carbocycles. The highest BCUT2D eigenvalue weighted by Gasteiger charge is 2.34. The molecule has 0 aliphatic carbocycles. The Morgan fingerprint density at radius 3 is 1.83 bits per heavy atom. The number of ether oxygens (including phenoxy) is 2. The molecule has 320 valence electrons. The van der Waals surface area contributed by atoms with Crippen LogP contribution >= 0.6 is 0 Å². The minimum absolute atomic E-state index is 0.0440. The van der Waals surface area contributed by atoms with Crippen molar-refractivity contribution >= 4 is 5.91 Å². The van der Waals surface area contributed by atoms with Gasteiger partial charge >= 0.3 is 0 Å². The van der Waals surface area contributed by atoms with Gasteiger partial charge in [0.05, 0.1) is 18.8 Å². The molecule has 3 unspecified atom stereocenters. The van der Waals surface area contributed by atoms with Crippen LogP contribution in [0.5, 0.6) is 0 Å². The van der Waals surface area contributed by atoms with E-state index in [9.17, 15) is 31.9 Å². The third-order valence-electron chi connectivity index (χ3n) is 11.0. The van der Waals surface area contributed by atoms with E-state index in [-0.39, 0.29) is 25.4 Å². The Morgan fingerprint density at radius 2 is 1.22 bits per heavy atom. The summed E-state index contributed by atoms with van der Waals surface area (Å²) in [7, 11) is 0. The number of carbonyl (C=O) groups is 1. The molecule has 1 aliphatic rings. The highest BCUT2D eigenvalue weighted by atomic mass is 19.2. The number of halogens is 5. The van der Waals surface area contributed by atoms with Crippen molar-refractivity contribution in [1.29, 1.82) is 0 Å². The molecule has 0 aromatic heterocycles. The highest BCUT2D eigenvalue weighted by molar-refractivity contribution is 5.94. The molecule has 1 heterocycles. The van der Waals surface area contributed by atoms with Crippen LogP contribution in [0.3, 0.4) is 0 Å². The van der Waals surface area contributed by atoms with Crippen LogP contribution in [0.1, 0.15) is 142 Å². The van der Waals surface area contributed by atoms with Gasteiger partial charge in [0, 0.05) is 25.1 Å². The van der Waals surface area contributed by atoms with Crippen molar-refractivity contribution in [3.05, 3.63) is 130 Å². The molecule has 5 rings (SSSR count). The molecule has 0 radical (unpaired) electrons. The van der Waals surface area contributed by atoms with E-state index in [1.807, 2.05) is 54.6 Å². The zero-order chi connectivity index (χ0) is 42.1. The van der Waals surface area contributed by atoms with E-state index in [4.69, 9.17) is 9.47 Å². The average molecular weight is 823 g/mol. The summed E-state index contributed by atoms with van der Waals surface area (Å²) in [6, 6.07) is 22.7. The molecular weight excluding hydrogens is 764 g/mol. The summed E-state index contributed by atoms with van der Waals surface area (Å²) in [5.74, 6) is -12.5. The molecule has 1 aliphatic heterocycles. The number of benzene rings is 4. The number of amides is 1. The standard InChI is InChI=1S/C48H59F5N2O4/c1-3-5-7-9-11-13-25-55(26-14-12-10-8-6-4-2)31-39-29-40(35-23-21-33(32-56)22-24-35)59-48(58-39)38-20-16-19-37(28-38)36-18-15-17-34(27-36)30-54-47(57)41-42(49)44(51)46(53)45(52)43(41)50/h15-24,27-28,39-40,48,56H,3-14,25-26,29-32H2,1-2H3,(H,54,57). The zero-order valence-electron chi connectivity index (χ0n) is 34.4. The zero-order valence-corrected chi connectivity index (χ0v) is 34.4. The first-order chi connectivity index (χ1) is 28.6. The van der Waals surface area contributed by atoms with Crippen LogP contribution in [-0.4, -0.2) is 41.7 Å². The molecule has 4 aromatic rings. The largest absolute Gasteiger partial charge is 0.392 e.